The number of nitrogens with one attached hydrogen (secondary N) is 1. The van der Waals surface area contributed by atoms with Crippen molar-refractivity contribution in [2.75, 3.05) is 11.1 Å². The predicted molar refractivity (Wildman–Crippen MR) is 90.7 cm³/mol. The molecule has 1 aromatic carbocycles. The summed E-state index contributed by atoms with van der Waals surface area (Å²) in [6, 6.07) is 8.01. The second-order valence-corrected chi connectivity index (χ2v) is 6.56. The maximum atomic E-state index is 12.2. The molecule has 1 amide bonds. The van der Waals surface area contributed by atoms with Crippen molar-refractivity contribution < 1.29 is 4.79 Å². The van der Waals surface area contributed by atoms with Crippen LogP contribution in [0.5, 0.6) is 0 Å². The molecule has 0 aliphatic carbocycles. The van der Waals surface area contributed by atoms with E-state index in [1.807, 2.05) is 56.7 Å². The van der Waals surface area contributed by atoms with E-state index in [1.165, 1.54) is 0 Å². The minimum atomic E-state index is -0.486. The molecule has 2 aromatic heterocycles. The van der Waals surface area contributed by atoms with Crippen LogP contribution in [0, 0.1) is 5.41 Å². The largest absolute Gasteiger partial charge is 0.396 e. The standard InChI is InChI=1S/C17H20N4O/c1-17(2,3)16(22)20-11-9-19-15-13(14(11)18)10-7-5-6-8-12(10)21(15)4/h5-9H,1-4H3,(H2,18,19)(H,20,22). The number of aromatic nitrogens is 2. The van der Waals surface area contributed by atoms with Gasteiger partial charge in [-0.05, 0) is 6.07 Å². The average molecular weight is 296 g/mol. The van der Waals surface area contributed by atoms with Crippen LogP contribution in [0.1, 0.15) is 20.8 Å². The summed E-state index contributed by atoms with van der Waals surface area (Å²) in [6.45, 7) is 5.59. The van der Waals surface area contributed by atoms with Crippen molar-refractivity contribution in [2.45, 2.75) is 20.8 Å². The third kappa shape index (κ3) is 2.09. The predicted octanol–water partition coefficient (Wildman–Crippen LogP) is 3.29. The first-order valence-corrected chi connectivity index (χ1v) is 7.24. The molecule has 0 saturated carbocycles. The molecular weight excluding hydrogens is 276 g/mol. The fourth-order valence-electron chi connectivity index (χ4n) is 2.54. The second-order valence-electron chi connectivity index (χ2n) is 6.56. The lowest BCUT2D eigenvalue weighted by Crippen LogP contribution is -2.28. The molecule has 5 nitrogen and oxygen atoms in total. The maximum Gasteiger partial charge on any atom is 0.229 e. The third-order valence-electron chi connectivity index (χ3n) is 3.88. The summed E-state index contributed by atoms with van der Waals surface area (Å²) in [5, 5.41) is 4.80. The molecule has 0 radical (unpaired) electrons. The van der Waals surface area contributed by atoms with Gasteiger partial charge in [0.05, 0.1) is 28.5 Å². The number of nitrogens with two attached hydrogens (primary N) is 1. The summed E-state index contributed by atoms with van der Waals surface area (Å²) in [5.74, 6) is -0.0828. The van der Waals surface area contributed by atoms with Gasteiger partial charge in [0.15, 0.2) is 0 Å². The lowest BCUT2D eigenvalue weighted by atomic mass is 9.95. The number of nitrogen functional groups attached to an aromatic ring is 1. The average Bonchev–Trinajstić information content (AvgIpc) is 2.75. The minimum Gasteiger partial charge on any atom is -0.396 e. The Morgan fingerprint density at radius 2 is 1.95 bits per heavy atom. The van der Waals surface area contributed by atoms with E-state index in [2.05, 4.69) is 10.3 Å². The Morgan fingerprint density at radius 3 is 2.64 bits per heavy atom. The molecule has 0 aliphatic rings. The molecule has 22 heavy (non-hydrogen) atoms. The summed E-state index contributed by atoms with van der Waals surface area (Å²) in [4.78, 5) is 16.7. The number of nitrogens with zero attached hydrogens (tertiary/aromatic N) is 2. The Hall–Kier alpha value is -2.56. The van der Waals surface area contributed by atoms with E-state index in [0.29, 0.717) is 11.4 Å². The molecule has 2 heterocycles. The first-order valence-electron chi connectivity index (χ1n) is 7.24. The third-order valence-corrected chi connectivity index (χ3v) is 3.88. The molecule has 0 aliphatic heterocycles. The molecule has 0 atom stereocenters. The number of pyridine rings is 1. The van der Waals surface area contributed by atoms with Gasteiger partial charge in [-0.15, -0.1) is 0 Å². The highest BCUT2D eigenvalue weighted by atomic mass is 16.2. The highest BCUT2D eigenvalue weighted by Crippen LogP contribution is 2.35. The zero-order chi connectivity index (χ0) is 16.1. The number of amides is 1. The Kier molecular flexibility index (Phi) is 3.09. The van der Waals surface area contributed by atoms with Crippen molar-refractivity contribution in [3.05, 3.63) is 30.5 Å². The Bertz CT molecular complexity index is 887. The van der Waals surface area contributed by atoms with Crippen LogP contribution in [0.15, 0.2) is 30.5 Å². The van der Waals surface area contributed by atoms with Gasteiger partial charge in [0.25, 0.3) is 0 Å². The van der Waals surface area contributed by atoms with Crippen molar-refractivity contribution in [2.24, 2.45) is 12.5 Å². The summed E-state index contributed by atoms with van der Waals surface area (Å²) in [5.41, 5.74) is 8.83. The van der Waals surface area contributed by atoms with Crippen molar-refractivity contribution >= 4 is 39.2 Å². The van der Waals surface area contributed by atoms with Crippen LogP contribution in [0.25, 0.3) is 21.9 Å². The van der Waals surface area contributed by atoms with E-state index in [4.69, 9.17) is 5.73 Å². The SMILES string of the molecule is Cn1c2ccccc2c2c(N)c(NC(=O)C(C)(C)C)cnc21. The number of hydrogen-bond donors (Lipinski definition) is 2. The van der Waals surface area contributed by atoms with E-state index in [1.54, 1.807) is 6.20 Å². The van der Waals surface area contributed by atoms with Gasteiger partial charge in [-0.25, -0.2) is 4.98 Å². The van der Waals surface area contributed by atoms with E-state index >= 15 is 0 Å². The van der Waals surface area contributed by atoms with Crippen molar-refractivity contribution in [1.82, 2.24) is 9.55 Å². The number of benzene rings is 1. The zero-order valence-electron chi connectivity index (χ0n) is 13.3. The number of para-hydroxylation sites is 1. The normalized spacial score (nSPS) is 12.0. The number of aryl methyl sites for hydroxylation is 1. The molecule has 0 saturated heterocycles. The van der Waals surface area contributed by atoms with Gasteiger partial charge in [-0.3, -0.25) is 4.79 Å². The molecule has 5 heteroatoms. The molecule has 0 bridgehead atoms. The lowest BCUT2D eigenvalue weighted by molar-refractivity contribution is -0.123. The molecule has 114 valence electrons. The summed E-state index contributed by atoms with van der Waals surface area (Å²) >= 11 is 0. The Balaban J connectivity index is 2.22. The van der Waals surface area contributed by atoms with Gasteiger partial charge >= 0.3 is 0 Å². The fourth-order valence-corrected chi connectivity index (χ4v) is 2.54. The number of hydrogen-bond acceptors (Lipinski definition) is 3. The molecule has 3 aromatic rings. The number of carbonyl (C=O) groups excluding carboxylic acids is 1. The highest BCUT2D eigenvalue weighted by molar-refractivity contribution is 6.15. The van der Waals surface area contributed by atoms with Gasteiger partial charge in [0.2, 0.25) is 5.91 Å². The maximum absolute atomic E-state index is 12.2. The van der Waals surface area contributed by atoms with Crippen molar-refractivity contribution in [3.63, 3.8) is 0 Å². The van der Waals surface area contributed by atoms with E-state index < -0.39 is 5.41 Å². The smallest absolute Gasteiger partial charge is 0.229 e. The van der Waals surface area contributed by atoms with Crippen LogP contribution in [-0.4, -0.2) is 15.5 Å². The van der Waals surface area contributed by atoms with Crippen LogP contribution < -0.4 is 11.1 Å². The van der Waals surface area contributed by atoms with Crippen molar-refractivity contribution in [3.8, 4) is 0 Å². The molecule has 0 fully saturated rings. The van der Waals surface area contributed by atoms with E-state index in [9.17, 15) is 4.79 Å². The monoisotopic (exact) mass is 296 g/mol. The number of fused-ring (bicyclic) bond motifs is 3. The first-order chi connectivity index (χ1) is 10.3. The van der Waals surface area contributed by atoms with Crippen LogP contribution in [-0.2, 0) is 11.8 Å². The molecule has 0 unspecified atom stereocenters. The van der Waals surface area contributed by atoms with Gasteiger partial charge in [0.1, 0.15) is 5.65 Å². The van der Waals surface area contributed by atoms with Crippen LogP contribution in [0.2, 0.25) is 0 Å². The van der Waals surface area contributed by atoms with Crippen LogP contribution >= 0.6 is 0 Å². The van der Waals surface area contributed by atoms with E-state index in [-0.39, 0.29) is 5.91 Å². The van der Waals surface area contributed by atoms with E-state index in [0.717, 1.165) is 21.9 Å². The molecular formula is C17H20N4O. The molecule has 0 spiro atoms. The quantitative estimate of drug-likeness (QED) is 0.723. The number of rotatable bonds is 1. The highest BCUT2D eigenvalue weighted by Gasteiger charge is 2.23. The number of anilines is 2. The second kappa shape index (κ2) is 4.73. The Morgan fingerprint density at radius 1 is 1.27 bits per heavy atom. The topological polar surface area (TPSA) is 72.9 Å². The summed E-state index contributed by atoms with van der Waals surface area (Å²) in [6.07, 6.45) is 1.63. The summed E-state index contributed by atoms with van der Waals surface area (Å²) < 4.78 is 2.01. The fraction of sp³-hybridized carbons (Fsp3) is 0.294. The van der Waals surface area contributed by atoms with Crippen molar-refractivity contribution in [1.29, 1.82) is 0 Å². The Labute approximate surface area is 129 Å². The summed E-state index contributed by atoms with van der Waals surface area (Å²) in [7, 11) is 1.96. The van der Waals surface area contributed by atoms with Crippen LogP contribution in [0.3, 0.4) is 0 Å². The molecule has 3 rings (SSSR count). The lowest BCUT2D eigenvalue weighted by Gasteiger charge is -2.18. The number of carbonyl (C=O) groups is 1. The molecule has 3 N–H and O–H groups in total. The van der Waals surface area contributed by atoms with Gasteiger partial charge < -0.3 is 15.6 Å². The van der Waals surface area contributed by atoms with Gasteiger partial charge in [0, 0.05) is 17.8 Å². The van der Waals surface area contributed by atoms with Crippen LogP contribution in [0.4, 0.5) is 11.4 Å². The van der Waals surface area contributed by atoms with Gasteiger partial charge in [-0.1, -0.05) is 39.0 Å². The van der Waals surface area contributed by atoms with Gasteiger partial charge in [-0.2, -0.15) is 0 Å². The minimum absolute atomic E-state index is 0.0828. The zero-order valence-corrected chi connectivity index (χ0v) is 13.3. The first kappa shape index (κ1) is 14.4.